The van der Waals surface area contributed by atoms with Gasteiger partial charge in [-0.15, -0.1) is 0 Å². The molecular formula is C13H25NO2. The van der Waals surface area contributed by atoms with E-state index < -0.39 is 5.97 Å². The first-order valence-corrected chi connectivity index (χ1v) is 6.31. The topological polar surface area (TPSA) is 40.5 Å². The van der Waals surface area contributed by atoms with E-state index in [0.29, 0.717) is 5.92 Å². The summed E-state index contributed by atoms with van der Waals surface area (Å²) >= 11 is 0. The van der Waals surface area contributed by atoms with Gasteiger partial charge >= 0.3 is 5.97 Å². The van der Waals surface area contributed by atoms with Crippen molar-refractivity contribution in [2.75, 3.05) is 13.1 Å². The molecule has 0 saturated carbocycles. The molecule has 1 rings (SSSR count). The summed E-state index contributed by atoms with van der Waals surface area (Å²) in [4.78, 5) is 13.4. The smallest absolute Gasteiger partial charge is 0.307 e. The van der Waals surface area contributed by atoms with Crippen molar-refractivity contribution in [3.05, 3.63) is 0 Å². The van der Waals surface area contributed by atoms with Gasteiger partial charge in [-0.3, -0.25) is 9.69 Å². The predicted molar refractivity (Wildman–Crippen MR) is 65.5 cm³/mol. The summed E-state index contributed by atoms with van der Waals surface area (Å²) in [6.45, 7) is 10.6. The minimum atomic E-state index is -0.634. The molecular weight excluding hydrogens is 202 g/mol. The van der Waals surface area contributed by atoms with Gasteiger partial charge in [0.25, 0.3) is 0 Å². The Morgan fingerprint density at radius 1 is 1.50 bits per heavy atom. The molecule has 3 nitrogen and oxygen atoms in total. The summed E-state index contributed by atoms with van der Waals surface area (Å²) in [5, 5.41) is 9.08. The van der Waals surface area contributed by atoms with Gasteiger partial charge < -0.3 is 5.11 Å². The monoisotopic (exact) mass is 227 g/mol. The maximum atomic E-state index is 11.0. The zero-order chi connectivity index (χ0) is 12.3. The van der Waals surface area contributed by atoms with Crippen molar-refractivity contribution in [1.82, 2.24) is 4.90 Å². The highest BCUT2D eigenvalue weighted by atomic mass is 16.4. The van der Waals surface area contributed by atoms with Gasteiger partial charge in [-0.1, -0.05) is 13.8 Å². The molecule has 1 heterocycles. The standard InChI is InChI=1S/C13H25NO2/c1-10(2)6-8-14-9-11(12(15)16)5-7-13(14,3)4/h10-11H,5-9H2,1-4H3,(H,15,16). The van der Waals surface area contributed by atoms with Crippen LogP contribution in [0.2, 0.25) is 0 Å². The van der Waals surface area contributed by atoms with Crippen molar-refractivity contribution in [3.8, 4) is 0 Å². The number of aliphatic carboxylic acids is 1. The third kappa shape index (κ3) is 3.48. The normalized spacial score (nSPS) is 25.9. The average molecular weight is 227 g/mol. The van der Waals surface area contributed by atoms with Crippen LogP contribution in [0.3, 0.4) is 0 Å². The second-order valence-corrected chi connectivity index (χ2v) is 6.01. The quantitative estimate of drug-likeness (QED) is 0.802. The van der Waals surface area contributed by atoms with Gasteiger partial charge in [-0.05, 0) is 45.6 Å². The molecule has 1 saturated heterocycles. The Bertz CT molecular complexity index is 248. The summed E-state index contributed by atoms with van der Waals surface area (Å²) < 4.78 is 0. The van der Waals surface area contributed by atoms with E-state index in [4.69, 9.17) is 5.11 Å². The Kier molecular flexibility index (Phi) is 4.36. The molecule has 0 spiro atoms. The van der Waals surface area contributed by atoms with E-state index in [1.165, 1.54) is 0 Å². The first kappa shape index (κ1) is 13.5. The van der Waals surface area contributed by atoms with E-state index in [1.807, 2.05) is 0 Å². The summed E-state index contributed by atoms with van der Waals surface area (Å²) in [7, 11) is 0. The molecule has 0 aromatic carbocycles. The fourth-order valence-corrected chi connectivity index (χ4v) is 2.30. The molecule has 1 aliphatic heterocycles. The van der Waals surface area contributed by atoms with E-state index in [2.05, 4.69) is 32.6 Å². The van der Waals surface area contributed by atoms with Gasteiger partial charge in [0.05, 0.1) is 5.92 Å². The lowest BCUT2D eigenvalue weighted by molar-refractivity contribution is -0.145. The number of hydrogen-bond donors (Lipinski definition) is 1. The lowest BCUT2D eigenvalue weighted by Crippen LogP contribution is -2.52. The van der Waals surface area contributed by atoms with Crippen LogP contribution in [0.5, 0.6) is 0 Å². The van der Waals surface area contributed by atoms with E-state index in [0.717, 1.165) is 32.4 Å². The van der Waals surface area contributed by atoms with Crippen LogP contribution in [0.25, 0.3) is 0 Å². The first-order valence-electron chi connectivity index (χ1n) is 6.31. The minimum absolute atomic E-state index is 0.166. The van der Waals surface area contributed by atoms with Crippen LogP contribution < -0.4 is 0 Å². The molecule has 0 radical (unpaired) electrons. The Hall–Kier alpha value is -0.570. The minimum Gasteiger partial charge on any atom is -0.481 e. The number of carbonyl (C=O) groups is 1. The van der Waals surface area contributed by atoms with Crippen molar-refractivity contribution in [1.29, 1.82) is 0 Å². The van der Waals surface area contributed by atoms with Crippen LogP contribution in [0.4, 0.5) is 0 Å². The van der Waals surface area contributed by atoms with Crippen molar-refractivity contribution in [2.24, 2.45) is 11.8 Å². The van der Waals surface area contributed by atoms with Gasteiger partial charge in [0.1, 0.15) is 0 Å². The van der Waals surface area contributed by atoms with Crippen LogP contribution in [-0.4, -0.2) is 34.6 Å². The molecule has 0 aromatic heterocycles. The van der Waals surface area contributed by atoms with Crippen LogP contribution in [0.1, 0.15) is 47.0 Å². The summed E-state index contributed by atoms with van der Waals surface area (Å²) in [5.41, 5.74) is 0.167. The Morgan fingerprint density at radius 3 is 2.62 bits per heavy atom. The molecule has 0 aliphatic carbocycles. The molecule has 0 amide bonds. The van der Waals surface area contributed by atoms with Gasteiger partial charge in [0, 0.05) is 12.1 Å². The third-order valence-electron chi connectivity index (χ3n) is 3.73. The Labute approximate surface area is 98.8 Å². The molecule has 1 aliphatic rings. The lowest BCUT2D eigenvalue weighted by atomic mass is 9.84. The molecule has 0 aromatic rings. The highest BCUT2D eigenvalue weighted by Crippen LogP contribution is 2.31. The van der Waals surface area contributed by atoms with Crippen molar-refractivity contribution in [2.45, 2.75) is 52.5 Å². The van der Waals surface area contributed by atoms with Gasteiger partial charge in [0.15, 0.2) is 0 Å². The molecule has 1 fully saturated rings. The van der Waals surface area contributed by atoms with E-state index in [9.17, 15) is 4.79 Å². The number of carboxylic acid groups (broad SMARTS) is 1. The fraction of sp³-hybridized carbons (Fsp3) is 0.923. The molecule has 16 heavy (non-hydrogen) atoms. The highest BCUT2D eigenvalue weighted by molar-refractivity contribution is 5.70. The number of nitrogens with zero attached hydrogens (tertiary/aromatic N) is 1. The van der Waals surface area contributed by atoms with Crippen LogP contribution in [-0.2, 0) is 4.79 Å². The van der Waals surface area contributed by atoms with E-state index in [1.54, 1.807) is 0 Å². The number of hydrogen-bond acceptors (Lipinski definition) is 2. The molecule has 1 N–H and O–H groups in total. The van der Waals surface area contributed by atoms with Gasteiger partial charge in [-0.2, -0.15) is 0 Å². The van der Waals surface area contributed by atoms with Crippen molar-refractivity contribution >= 4 is 5.97 Å². The average Bonchev–Trinajstić information content (AvgIpc) is 2.14. The van der Waals surface area contributed by atoms with Crippen molar-refractivity contribution in [3.63, 3.8) is 0 Å². The van der Waals surface area contributed by atoms with Crippen LogP contribution in [0.15, 0.2) is 0 Å². The fourth-order valence-electron chi connectivity index (χ4n) is 2.30. The number of likely N-dealkylation sites (tertiary alicyclic amines) is 1. The number of rotatable bonds is 4. The Balaban J connectivity index is 2.58. The maximum Gasteiger partial charge on any atom is 0.307 e. The summed E-state index contributed by atoms with van der Waals surface area (Å²) in [6.07, 6.45) is 2.96. The summed E-state index contributed by atoms with van der Waals surface area (Å²) in [6, 6.07) is 0. The number of carboxylic acids is 1. The zero-order valence-corrected chi connectivity index (χ0v) is 11.0. The van der Waals surface area contributed by atoms with Crippen molar-refractivity contribution < 1.29 is 9.90 Å². The largest absolute Gasteiger partial charge is 0.481 e. The molecule has 1 atom stereocenters. The van der Waals surface area contributed by atoms with E-state index >= 15 is 0 Å². The second kappa shape index (κ2) is 5.17. The lowest BCUT2D eigenvalue weighted by Gasteiger charge is -2.45. The Morgan fingerprint density at radius 2 is 2.12 bits per heavy atom. The predicted octanol–water partition coefficient (Wildman–Crippen LogP) is 2.61. The van der Waals surface area contributed by atoms with Gasteiger partial charge in [0.2, 0.25) is 0 Å². The summed E-state index contributed by atoms with van der Waals surface area (Å²) in [5.74, 6) is -0.119. The van der Waals surface area contributed by atoms with Crippen LogP contribution in [0, 0.1) is 11.8 Å². The second-order valence-electron chi connectivity index (χ2n) is 6.01. The molecule has 3 heteroatoms. The van der Waals surface area contributed by atoms with Crippen LogP contribution >= 0.6 is 0 Å². The maximum absolute atomic E-state index is 11.0. The SMILES string of the molecule is CC(C)CCN1CC(C(=O)O)CCC1(C)C. The van der Waals surface area contributed by atoms with E-state index in [-0.39, 0.29) is 11.5 Å². The first-order chi connectivity index (χ1) is 7.33. The highest BCUT2D eigenvalue weighted by Gasteiger charge is 2.36. The third-order valence-corrected chi connectivity index (χ3v) is 3.73. The molecule has 0 bridgehead atoms. The number of piperidine rings is 1. The van der Waals surface area contributed by atoms with Gasteiger partial charge in [-0.25, -0.2) is 0 Å². The molecule has 94 valence electrons. The zero-order valence-electron chi connectivity index (χ0n) is 11.0. The molecule has 1 unspecified atom stereocenters.